The summed E-state index contributed by atoms with van der Waals surface area (Å²) < 4.78 is 20.2. The van der Waals surface area contributed by atoms with Crippen molar-refractivity contribution in [1.82, 2.24) is 15.6 Å². The molecule has 206 valence electrons. The Balaban J connectivity index is 1.15. The smallest absolute Gasteiger partial charge is 0.319 e. The molecule has 7 nitrogen and oxygen atoms in total. The molecule has 0 atom stereocenters. The number of halogens is 1. The Morgan fingerprint density at radius 1 is 0.975 bits per heavy atom. The lowest BCUT2D eigenvalue weighted by Gasteiger charge is -2.25. The summed E-state index contributed by atoms with van der Waals surface area (Å²) in [6.45, 7) is 2.87. The van der Waals surface area contributed by atoms with Crippen molar-refractivity contribution in [2.45, 2.75) is 31.8 Å². The third-order valence-electron chi connectivity index (χ3n) is 6.88. The Hall–Kier alpha value is -4.43. The number of benzene rings is 3. The lowest BCUT2D eigenvalue weighted by Crippen LogP contribution is -2.35. The second-order valence-corrected chi connectivity index (χ2v) is 9.84. The van der Waals surface area contributed by atoms with Crippen LogP contribution in [0.2, 0.25) is 0 Å². The van der Waals surface area contributed by atoms with Crippen LogP contribution in [0.1, 0.15) is 24.0 Å². The zero-order chi connectivity index (χ0) is 27.6. The number of nitrogens with one attached hydrogen (secondary N) is 4. The average molecular weight is 540 g/mol. The first-order valence-electron chi connectivity index (χ1n) is 13.7. The first-order valence-corrected chi connectivity index (χ1v) is 13.7. The number of rotatable bonds is 10. The van der Waals surface area contributed by atoms with E-state index in [1.54, 1.807) is 30.6 Å². The number of aromatic nitrogens is 1. The summed E-state index contributed by atoms with van der Waals surface area (Å²) in [5.41, 5.74) is 5.50. The number of nitrogens with zero attached hydrogens (tertiary/aromatic N) is 1. The Kier molecular flexibility index (Phi) is 9.21. The lowest BCUT2D eigenvalue weighted by molar-refractivity contribution is 0.251. The molecule has 0 spiro atoms. The van der Waals surface area contributed by atoms with E-state index in [1.165, 1.54) is 6.07 Å². The van der Waals surface area contributed by atoms with E-state index in [0.717, 1.165) is 53.9 Å². The van der Waals surface area contributed by atoms with Gasteiger partial charge in [0.1, 0.15) is 11.6 Å². The molecule has 0 saturated carbocycles. The molecule has 1 aliphatic rings. The van der Waals surface area contributed by atoms with Crippen molar-refractivity contribution in [1.29, 1.82) is 0 Å². The minimum Gasteiger partial charge on any atom is -0.493 e. The SMILES string of the molecule is O=C(NCc1cccnc1)Nc1ccc(OCCc2ccc(F)cc2-c2cccc(NC3CCNCC3)c2)cc1. The van der Waals surface area contributed by atoms with Crippen molar-refractivity contribution >= 4 is 17.4 Å². The first-order chi connectivity index (χ1) is 19.6. The lowest BCUT2D eigenvalue weighted by atomic mass is 9.97. The largest absolute Gasteiger partial charge is 0.493 e. The summed E-state index contributed by atoms with van der Waals surface area (Å²) in [6, 6.07) is 24.2. The summed E-state index contributed by atoms with van der Waals surface area (Å²) >= 11 is 0. The van der Waals surface area contributed by atoms with Crippen molar-refractivity contribution in [2.75, 3.05) is 30.3 Å². The molecule has 1 fully saturated rings. The number of hydrogen-bond donors (Lipinski definition) is 4. The van der Waals surface area contributed by atoms with Gasteiger partial charge in [0.25, 0.3) is 0 Å². The molecule has 4 aromatic rings. The van der Waals surface area contributed by atoms with Gasteiger partial charge in [0.2, 0.25) is 0 Å². The summed E-state index contributed by atoms with van der Waals surface area (Å²) in [4.78, 5) is 16.2. The molecule has 8 heteroatoms. The fraction of sp³-hybridized carbons (Fsp3) is 0.250. The van der Waals surface area contributed by atoms with E-state index in [4.69, 9.17) is 4.74 Å². The van der Waals surface area contributed by atoms with Gasteiger partial charge in [0, 0.05) is 42.8 Å². The van der Waals surface area contributed by atoms with E-state index in [-0.39, 0.29) is 11.8 Å². The van der Waals surface area contributed by atoms with Gasteiger partial charge in [-0.1, -0.05) is 24.3 Å². The predicted octanol–water partition coefficient (Wildman–Crippen LogP) is 5.99. The second-order valence-electron chi connectivity index (χ2n) is 9.84. The minimum atomic E-state index is -0.295. The zero-order valence-electron chi connectivity index (χ0n) is 22.3. The number of piperidine rings is 1. The second kappa shape index (κ2) is 13.6. The molecule has 4 N–H and O–H groups in total. The Labute approximate surface area is 234 Å². The highest BCUT2D eigenvalue weighted by molar-refractivity contribution is 5.89. The maximum atomic E-state index is 14.3. The fourth-order valence-corrected chi connectivity index (χ4v) is 4.79. The highest BCUT2D eigenvalue weighted by Gasteiger charge is 2.14. The summed E-state index contributed by atoms with van der Waals surface area (Å²) in [5.74, 6) is 0.432. The van der Waals surface area contributed by atoms with Crippen LogP contribution in [-0.2, 0) is 13.0 Å². The molecule has 1 aromatic heterocycles. The molecule has 5 rings (SSSR count). The summed E-state index contributed by atoms with van der Waals surface area (Å²) in [7, 11) is 0. The summed E-state index contributed by atoms with van der Waals surface area (Å²) in [6.07, 6.45) is 6.20. The highest BCUT2D eigenvalue weighted by Crippen LogP contribution is 2.28. The van der Waals surface area contributed by atoms with E-state index in [0.29, 0.717) is 37.1 Å². The molecule has 40 heavy (non-hydrogen) atoms. The molecular formula is C32H34FN5O2. The van der Waals surface area contributed by atoms with E-state index in [9.17, 15) is 9.18 Å². The predicted molar refractivity (Wildman–Crippen MR) is 157 cm³/mol. The van der Waals surface area contributed by atoms with Crippen LogP contribution in [0.5, 0.6) is 5.75 Å². The number of pyridine rings is 1. The van der Waals surface area contributed by atoms with Crippen molar-refractivity contribution < 1.29 is 13.9 Å². The van der Waals surface area contributed by atoms with Gasteiger partial charge in [-0.3, -0.25) is 4.98 Å². The van der Waals surface area contributed by atoms with Crippen LogP contribution in [0.15, 0.2) is 91.3 Å². The van der Waals surface area contributed by atoms with Crippen LogP contribution in [0.4, 0.5) is 20.6 Å². The molecule has 0 aliphatic carbocycles. The van der Waals surface area contributed by atoms with Crippen LogP contribution >= 0.6 is 0 Å². The molecule has 2 heterocycles. The normalized spacial score (nSPS) is 13.4. The van der Waals surface area contributed by atoms with Gasteiger partial charge >= 0.3 is 6.03 Å². The van der Waals surface area contributed by atoms with Crippen LogP contribution in [-0.4, -0.2) is 36.8 Å². The van der Waals surface area contributed by atoms with Crippen molar-refractivity contribution in [3.63, 3.8) is 0 Å². The van der Waals surface area contributed by atoms with Gasteiger partial charge in [-0.25, -0.2) is 9.18 Å². The van der Waals surface area contributed by atoms with E-state index in [1.807, 2.05) is 42.5 Å². The van der Waals surface area contributed by atoms with E-state index < -0.39 is 0 Å². The van der Waals surface area contributed by atoms with Gasteiger partial charge in [0.05, 0.1) is 6.61 Å². The number of carbonyl (C=O) groups excluding carboxylic acids is 1. The number of urea groups is 1. The monoisotopic (exact) mass is 539 g/mol. The number of anilines is 2. The van der Waals surface area contributed by atoms with Crippen LogP contribution < -0.4 is 26.0 Å². The number of carbonyl (C=O) groups is 1. The Morgan fingerprint density at radius 2 is 1.82 bits per heavy atom. The van der Waals surface area contributed by atoms with E-state index >= 15 is 0 Å². The third kappa shape index (κ3) is 7.80. The topological polar surface area (TPSA) is 87.3 Å². The molecule has 1 saturated heterocycles. The Bertz CT molecular complexity index is 1390. The number of hydrogen-bond acceptors (Lipinski definition) is 5. The van der Waals surface area contributed by atoms with Crippen LogP contribution in [0, 0.1) is 5.82 Å². The Morgan fingerprint density at radius 3 is 2.62 bits per heavy atom. The van der Waals surface area contributed by atoms with Crippen molar-refractivity contribution in [3.05, 3.63) is 108 Å². The maximum Gasteiger partial charge on any atom is 0.319 e. The highest BCUT2D eigenvalue weighted by atomic mass is 19.1. The van der Waals surface area contributed by atoms with Crippen LogP contribution in [0.25, 0.3) is 11.1 Å². The standard InChI is InChI=1S/C32H34FN5O2/c33-26-7-6-24(31(20-26)25-4-1-5-29(19-25)37-28-12-16-34-17-13-28)14-18-40-30-10-8-27(9-11-30)38-32(39)36-22-23-3-2-15-35-21-23/h1-11,15,19-21,28,34,37H,12-14,16-18,22H2,(H2,36,38,39). The van der Waals surface area contributed by atoms with Gasteiger partial charge in [-0.15, -0.1) is 0 Å². The average Bonchev–Trinajstić information content (AvgIpc) is 2.99. The molecule has 0 radical (unpaired) electrons. The van der Waals surface area contributed by atoms with Gasteiger partial charge in [-0.05, 0) is 103 Å². The number of amides is 2. The van der Waals surface area contributed by atoms with Gasteiger partial charge in [0.15, 0.2) is 0 Å². The molecule has 2 amide bonds. The van der Waals surface area contributed by atoms with E-state index in [2.05, 4.69) is 38.4 Å². The molecule has 3 aromatic carbocycles. The van der Waals surface area contributed by atoms with Gasteiger partial charge < -0.3 is 26.0 Å². The number of ether oxygens (including phenoxy) is 1. The molecular weight excluding hydrogens is 505 g/mol. The zero-order valence-corrected chi connectivity index (χ0v) is 22.3. The maximum absolute atomic E-state index is 14.3. The van der Waals surface area contributed by atoms with Crippen molar-refractivity contribution in [3.8, 4) is 16.9 Å². The van der Waals surface area contributed by atoms with Gasteiger partial charge in [-0.2, -0.15) is 0 Å². The third-order valence-corrected chi connectivity index (χ3v) is 6.88. The van der Waals surface area contributed by atoms with Crippen molar-refractivity contribution in [2.24, 2.45) is 0 Å². The molecule has 0 unspecified atom stereocenters. The minimum absolute atomic E-state index is 0.260. The fourth-order valence-electron chi connectivity index (χ4n) is 4.79. The van der Waals surface area contributed by atoms with Crippen LogP contribution in [0.3, 0.4) is 0 Å². The summed E-state index contributed by atoms with van der Waals surface area (Å²) in [5, 5.41) is 12.6. The molecule has 1 aliphatic heterocycles. The first kappa shape index (κ1) is 27.1. The molecule has 0 bridgehead atoms. The quantitative estimate of drug-likeness (QED) is 0.199.